The molecule has 1 atom stereocenters. The SMILES string of the molecule is COc1ccccc1Cc1cc(C)nc([C@@H]2CCCN(Cc3ccnn3C)C2)c1. The first kappa shape index (κ1) is 19.6. The fourth-order valence-electron chi connectivity index (χ4n) is 4.37. The van der Waals surface area contributed by atoms with Crippen LogP contribution in [0.1, 0.15) is 47.0 Å². The first-order valence-electron chi connectivity index (χ1n) is 10.4. The van der Waals surface area contributed by atoms with Crippen LogP contribution in [0.25, 0.3) is 0 Å². The van der Waals surface area contributed by atoms with Crippen molar-refractivity contribution < 1.29 is 4.74 Å². The van der Waals surface area contributed by atoms with E-state index in [0.29, 0.717) is 5.92 Å². The van der Waals surface area contributed by atoms with E-state index >= 15 is 0 Å². The molecule has 1 aromatic carbocycles. The molecule has 4 rings (SSSR count). The summed E-state index contributed by atoms with van der Waals surface area (Å²) in [5.74, 6) is 1.43. The van der Waals surface area contributed by atoms with Gasteiger partial charge in [0, 0.05) is 50.1 Å². The Labute approximate surface area is 173 Å². The van der Waals surface area contributed by atoms with E-state index in [4.69, 9.17) is 9.72 Å². The molecule has 0 amide bonds. The molecule has 1 fully saturated rings. The quantitative estimate of drug-likeness (QED) is 0.635. The molecule has 0 aliphatic carbocycles. The molecular weight excluding hydrogens is 360 g/mol. The van der Waals surface area contributed by atoms with Crippen molar-refractivity contribution >= 4 is 0 Å². The van der Waals surface area contributed by atoms with Crippen molar-refractivity contribution in [3.05, 3.63) is 76.9 Å². The van der Waals surface area contributed by atoms with Gasteiger partial charge < -0.3 is 4.74 Å². The topological polar surface area (TPSA) is 43.2 Å². The second-order valence-corrected chi connectivity index (χ2v) is 8.05. The summed E-state index contributed by atoms with van der Waals surface area (Å²) in [6, 6.07) is 14.9. The number of aromatic nitrogens is 3. The lowest BCUT2D eigenvalue weighted by Gasteiger charge is -2.32. The Hall–Kier alpha value is -2.66. The number of likely N-dealkylation sites (tertiary alicyclic amines) is 1. The van der Waals surface area contributed by atoms with Gasteiger partial charge in [-0.05, 0) is 61.7 Å². The van der Waals surface area contributed by atoms with Crippen LogP contribution in [0.15, 0.2) is 48.7 Å². The van der Waals surface area contributed by atoms with E-state index in [1.54, 1.807) is 7.11 Å². The van der Waals surface area contributed by atoms with Gasteiger partial charge >= 0.3 is 0 Å². The van der Waals surface area contributed by atoms with Crippen LogP contribution in [-0.4, -0.2) is 39.9 Å². The Bertz CT molecular complexity index is 965. The Morgan fingerprint density at radius 2 is 2.03 bits per heavy atom. The Morgan fingerprint density at radius 1 is 1.17 bits per heavy atom. The van der Waals surface area contributed by atoms with Gasteiger partial charge in [-0.15, -0.1) is 0 Å². The maximum Gasteiger partial charge on any atom is 0.122 e. The number of pyridine rings is 1. The zero-order valence-corrected chi connectivity index (χ0v) is 17.6. The maximum atomic E-state index is 5.54. The second-order valence-electron chi connectivity index (χ2n) is 8.05. The predicted octanol–water partition coefficient (Wildman–Crippen LogP) is 4.10. The lowest BCUT2D eigenvalue weighted by Crippen LogP contribution is -2.34. The summed E-state index contributed by atoms with van der Waals surface area (Å²) in [4.78, 5) is 7.45. The van der Waals surface area contributed by atoms with Gasteiger partial charge in [-0.1, -0.05) is 18.2 Å². The van der Waals surface area contributed by atoms with Gasteiger partial charge in [0.1, 0.15) is 5.75 Å². The van der Waals surface area contributed by atoms with Gasteiger partial charge in [-0.25, -0.2) is 0 Å². The molecule has 5 heteroatoms. The fourth-order valence-corrected chi connectivity index (χ4v) is 4.37. The van der Waals surface area contributed by atoms with Crippen LogP contribution in [0.4, 0.5) is 0 Å². The number of para-hydroxylation sites is 1. The molecule has 0 spiro atoms. The van der Waals surface area contributed by atoms with E-state index in [1.807, 2.05) is 30.1 Å². The highest BCUT2D eigenvalue weighted by Crippen LogP contribution is 2.29. The van der Waals surface area contributed by atoms with Gasteiger partial charge in [0.05, 0.1) is 12.8 Å². The van der Waals surface area contributed by atoms with E-state index in [0.717, 1.165) is 37.5 Å². The Morgan fingerprint density at radius 3 is 2.83 bits per heavy atom. The van der Waals surface area contributed by atoms with Crippen molar-refractivity contribution in [2.75, 3.05) is 20.2 Å². The fraction of sp³-hybridized carbons (Fsp3) is 0.417. The normalized spacial score (nSPS) is 17.4. The number of hydrogen-bond donors (Lipinski definition) is 0. The highest BCUT2D eigenvalue weighted by molar-refractivity contribution is 5.38. The summed E-state index contributed by atoms with van der Waals surface area (Å²) in [7, 11) is 3.75. The van der Waals surface area contributed by atoms with Crippen LogP contribution in [0.2, 0.25) is 0 Å². The minimum Gasteiger partial charge on any atom is -0.496 e. The van der Waals surface area contributed by atoms with Gasteiger partial charge in [0.25, 0.3) is 0 Å². The first-order chi connectivity index (χ1) is 14.1. The van der Waals surface area contributed by atoms with Gasteiger partial charge in [0.15, 0.2) is 0 Å². The largest absolute Gasteiger partial charge is 0.496 e. The standard InChI is InChI=1S/C24H30N4O/c1-18-13-19(14-20-7-4-5-9-24(20)29-3)15-23(26-18)21-8-6-12-28(16-21)17-22-10-11-25-27(22)2/h4-5,7,9-11,13,15,21H,6,8,12,14,16-17H2,1-3H3/t21-/m1/s1. The summed E-state index contributed by atoms with van der Waals surface area (Å²) in [5.41, 5.74) is 6.11. The average molecular weight is 391 g/mol. The maximum absolute atomic E-state index is 5.54. The zero-order valence-electron chi connectivity index (χ0n) is 17.6. The van der Waals surface area contributed by atoms with Crippen LogP contribution in [-0.2, 0) is 20.0 Å². The third-order valence-corrected chi connectivity index (χ3v) is 5.85. The summed E-state index contributed by atoms with van der Waals surface area (Å²) in [5, 5.41) is 4.30. The Balaban J connectivity index is 1.51. The molecule has 2 aromatic heterocycles. The molecule has 3 heterocycles. The lowest BCUT2D eigenvalue weighted by atomic mass is 9.92. The second kappa shape index (κ2) is 8.78. The number of aryl methyl sites for hydroxylation is 2. The molecule has 5 nitrogen and oxygen atoms in total. The molecule has 0 radical (unpaired) electrons. The monoisotopic (exact) mass is 390 g/mol. The Kier molecular flexibility index (Phi) is 5.95. The minimum absolute atomic E-state index is 0.480. The third-order valence-electron chi connectivity index (χ3n) is 5.85. The summed E-state index contributed by atoms with van der Waals surface area (Å²) >= 11 is 0. The van der Waals surface area contributed by atoms with Crippen LogP contribution >= 0.6 is 0 Å². The van der Waals surface area contributed by atoms with Crippen molar-refractivity contribution in [1.29, 1.82) is 0 Å². The van der Waals surface area contributed by atoms with Gasteiger partial charge in [-0.2, -0.15) is 5.10 Å². The highest BCUT2D eigenvalue weighted by Gasteiger charge is 2.23. The van der Waals surface area contributed by atoms with E-state index in [9.17, 15) is 0 Å². The predicted molar refractivity (Wildman–Crippen MR) is 115 cm³/mol. The van der Waals surface area contributed by atoms with Crippen molar-refractivity contribution in [3.8, 4) is 5.75 Å². The smallest absolute Gasteiger partial charge is 0.122 e. The lowest BCUT2D eigenvalue weighted by molar-refractivity contribution is 0.194. The number of piperidine rings is 1. The summed E-state index contributed by atoms with van der Waals surface area (Å²) in [6.07, 6.45) is 5.15. The van der Waals surface area contributed by atoms with Crippen molar-refractivity contribution in [2.45, 2.75) is 38.6 Å². The highest BCUT2D eigenvalue weighted by atomic mass is 16.5. The number of hydrogen-bond acceptors (Lipinski definition) is 4. The number of rotatable bonds is 6. The minimum atomic E-state index is 0.480. The van der Waals surface area contributed by atoms with E-state index in [-0.39, 0.29) is 0 Å². The van der Waals surface area contributed by atoms with Crippen LogP contribution in [0, 0.1) is 6.92 Å². The summed E-state index contributed by atoms with van der Waals surface area (Å²) < 4.78 is 7.51. The van der Waals surface area contributed by atoms with Gasteiger partial charge in [0.2, 0.25) is 0 Å². The average Bonchev–Trinajstić information content (AvgIpc) is 3.12. The molecule has 1 aliphatic rings. The van der Waals surface area contributed by atoms with Crippen molar-refractivity contribution in [2.24, 2.45) is 7.05 Å². The van der Waals surface area contributed by atoms with Crippen LogP contribution < -0.4 is 4.74 Å². The molecule has 1 saturated heterocycles. The number of ether oxygens (including phenoxy) is 1. The molecule has 0 saturated carbocycles. The van der Waals surface area contributed by atoms with Crippen LogP contribution in [0.5, 0.6) is 5.75 Å². The van der Waals surface area contributed by atoms with Crippen molar-refractivity contribution in [3.63, 3.8) is 0 Å². The number of benzene rings is 1. The molecule has 1 aliphatic heterocycles. The molecule has 29 heavy (non-hydrogen) atoms. The molecule has 152 valence electrons. The third kappa shape index (κ3) is 4.67. The number of nitrogens with zero attached hydrogens (tertiary/aromatic N) is 4. The summed E-state index contributed by atoms with van der Waals surface area (Å²) in [6.45, 7) is 5.25. The first-order valence-corrected chi connectivity index (χ1v) is 10.4. The number of methoxy groups -OCH3 is 1. The van der Waals surface area contributed by atoms with E-state index in [2.05, 4.69) is 47.3 Å². The van der Waals surface area contributed by atoms with Gasteiger partial charge in [-0.3, -0.25) is 14.6 Å². The molecule has 0 unspecified atom stereocenters. The van der Waals surface area contributed by atoms with Crippen LogP contribution in [0.3, 0.4) is 0 Å². The zero-order chi connectivity index (χ0) is 20.2. The van der Waals surface area contributed by atoms with E-state index < -0.39 is 0 Å². The van der Waals surface area contributed by atoms with E-state index in [1.165, 1.54) is 35.4 Å². The van der Waals surface area contributed by atoms with Crippen molar-refractivity contribution in [1.82, 2.24) is 19.7 Å². The molecule has 3 aromatic rings. The molecular formula is C24H30N4O. The molecule has 0 N–H and O–H groups in total. The molecule has 0 bridgehead atoms.